The number of nitrogens with one attached hydrogen (secondary N) is 2. The molecule has 2 N–H and O–H groups in total. The Balaban J connectivity index is 1.55. The Kier molecular flexibility index (Phi) is 6.25. The van der Waals surface area contributed by atoms with Gasteiger partial charge in [0.25, 0.3) is 0 Å². The molecule has 0 aliphatic carbocycles. The highest BCUT2D eigenvalue weighted by Gasteiger charge is 2.19. The highest BCUT2D eigenvalue weighted by Crippen LogP contribution is 2.23. The third kappa shape index (κ3) is 5.07. The van der Waals surface area contributed by atoms with Crippen LogP contribution in [-0.2, 0) is 11.4 Å². The number of benzene rings is 2. The highest BCUT2D eigenvalue weighted by molar-refractivity contribution is 8.00. The molecule has 1 heterocycles. The minimum atomic E-state index is -0.834. The van der Waals surface area contributed by atoms with E-state index in [-0.39, 0.29) is 12.3 Å². The van der Waals surface area contributed by atoms with Crippen LogP contribution in [0.15, 0.2) is 47.6 Å². The Hall–Kier alpha value is -2.94. The number of halogens is 2. The molecule has 0 aliphatic rings. The molecule has 28 heavy (non-hydrogen) atoms. The number of nitrogens with zero attached hydrogens (tertiary/aromatic N) is 2. The van der Waals surface area contributed by atoms with E-state index >= 15 is 0 Å². The van der Waals surface area contributed by atoms with Crippen LogP contribution < -0.4 is 10.1 Å². The van der Waals surface area contributed by atoms with Crippen molar-refractivity contribution >= 4 is 23.4 Å². The van der Waals surface area contributed by atoms with Gasteiger partial charge in [0.1, 0.15) is 24.0 Å². The number of para-hydroxylation sites is 1. The Morgan fingerprint density at radius 1 is 1.29 bits per heavy atom. The van der Waals surface area contributed by atoms with Crippen LogP contribution in [0.4, 0.5) is 14.5 Å². The third-order valence-electron chi connectivity index (χ3n) is 3.81. The van der Waals surface area contributed by atoms with Crippen molar-refractivity contribution in [2.75, 3.05) is 5.32 Å². The van der Waals surface area contributed by atoms with Crippen molar-refractivity contribution in [3.05, 3.63) is 65.5 Å². The minimum absolute atomic E-state index is 0.0823. The molecule has 0 radical (unpaired) electrons. The molecule has 3 aromatic rings. The fourth-order valence-electron chi connectivity index (χ4n) is 2.30. The number of aromatic amines is 1. The smallest absolute Gasteiger partial charge is 0.237 e. The maximum absolute atomic E-state index is 13.7. The number of hydrogen-bond acceptors (Lipinski definition) is 5. The number of aromatic nitrogens is 3. The van der Waals surface area contributed by atoms with E-state index in [9.17, 15) is 13.6 Å². The van der Waals surface area contributed by atoms with Crippen LogP contribution in [0.5, 0.6) is 5.75 Å². The second kappa shape index (κ2) is 8.83. The summed E-state index contributed by atoms with van der Waals surface area (Å²) in [5, 5.41) is 9.02. The molecule has 0 fully saturated rings. The average Bonchev–Trinajstić information content (AvgIpc) is 3.10. The van der Waals surface area contributed by atoms with Gasteiger partial charge in [0.15, 0.2) is 5.82 Å². The Morgan fingerprint density at radius 3 is 2.82 bits per heavy atom. The van der Waals surface area contributed by atoms with Crippen molar-refractivity contribution in [1.82, 2.24) is 15.2 Å². The number of ether oxygens (including phenoxy) is 1. The number of hydrogen-bond donors (Lipinski definition) is 2. The summed E-state index contributed by atoms with van der Waals surface area (Å²) in [4.78, 5) is 16.5. The molecule has 3 rings (SSSR count). The normalized spacial score (nSPS) is 11.9. The van der Waals surface area contributed by atoms with Gasteiger partial charge in [-0.1, -0.05) is 30.0 Å². The quantitative estimate of drug-likeness (QED) is 0.580. The first-order valence-corrected chi connectivity index (χ1v) is 9.32. The van der Waals surface area contributed by atoms with Crippen molar-refractivity contribution < 1.29 is 18.3 Å². The molecule has 6 nitrogen and oxygen atoms in total. The molecule has 0 bridgehead atoms. The first kappa shape index (κ1) is 19.8. The lowest BCUT2D eigenvalue weighted by Crippen LogP contribution is -2.23. The van der Waals surface area contributed by atoms with Gasteiger partial charge >= 0.3 is 0 Å². The van der Waals surface area contributed by atoms with Crippen molar-refractivity contribution in [3.8, 4) is 5.75 Å². The van der Waals surface area contributed by atoms with Crippen molar-refractivity contribution in [2.24, 2.45) is 0 Å². The van der Waals surface area contributed by atoms with Gasteiger partial charge in [0.05, 0.1) is 10.9 Å². The number of anilines is 1. The zero-order valence-electron chi connectivity index (χ0n) is 15.2. The maximum atomic E-state index is 13.7. The van der Waals surface area contributed by atoms with Crippen molar-refractivity contribution in [3.63, 3.8) is 0 Å². The van der Waals surface area contributed by atoms with Crippen LogP contribution >= 0.6 is 11.8 Å². The van der Waals surface area contributed by atoms with Gasteiger partial charge in [-0.15, -0.1) is 5.10 Å². The van der Waals surface area contributed by atoms with E-state index in [0.29, 0.717) is 17.0 Å². The van der Waals surface area contributed by atoms with Crippen molar-refractivity contribution in [2.45, 2.75) is 30.9 Å². The van der Waals surface area contributed by atoms with Crippen LogP contribution in [0.2, 0.25) is 0 Å². The number of carbonyl (C=O) groups excluding carboxylic acids is 1. The first-order chi connectivity index (χ1) is 13.4. The number of thioether (sulfide) groups is 1. The third-order valence-corrected chi connectivity index (χ3v) is 4.77. The summed E-state index contributed by atoms with van der Waals surface area (Å²) in [6.45, 7) is 3.79. The molecule has 0 aliphatic heterocycles. The number of carbonyl (C=O) groups is 1. The lowest BCUT2D eigenvalue weighted by molar-refractivity contribution is -0.115. The topological polar surface area (TPSA) is 79.9 Å². The van der Waals surface area contributed by atoms with Crippen LogP contribution in [0.1, 0.15) is 18.3 Å². The Bertz CT molecular complexity index is 980. The van der Waals surface area contributed by atoms with Gasteiger partial charge in [-0.2, -0.15) is 0 Å². The molecule has 1 amide bonds. The van der Waals surface area contributed by atoms with Crippen LogP contribution in [0, 0.1) is 18.6 Å². The summed E-state index contributed by atoms with van der Waals surface area (Å²) < 4.78 is 32.3. The lowest BCUT2D eigenvalue weighted by Gasteiger charge is -2.10. The SMILES string of the molecule is Cc1ccccc1OCc1nc(S[C@@H](C)C(=O)Nc2ccc(F)cc2F)n[nH]1. The Morgan fingerprint density at radius 2 is 2.07 bits per heavy atom. The fraction of sp³-hybridized carbons (Fsp3) is 0.211. The summed E-state index contributed by atoms with van der Waals surface area (Å²) in [5.41, 5.74) is 0.927. The molecule has 2 aromatic carbocycles. The van der Waals surface area contributed by atoms with E-state index in [1.165, 1.54) is 6.07 Å². The molecule has 146 valence electrons. The van der Waals surface area contributed by atoms with Crippen LogP contribution in [0.25, 0.3) is 0 Å². The zero-order valence-corrected chi connectivity index (χ0v) is 16.0. The van der Waals surface area contributed by atoms with E-state index in [4.69, 9.17) is 4.74 Å². The van der Waals surface area contributed by atoms with Gasteiger partial charge in [0, 0.05) is 6.07 Å². The molecular weight excluding hydrogens is 386 g/mol. The largest absolute Gasteiger partial charge is 0.485 e. The highest BCUT2D eigenvalue weighted by atomic mass is 32.2. The molecule has 9 heteroatoms. The van der Waals surface area contributed by atoms with Crippen LogP contribution in [0.3, 0.4) is 0 Å². The van der Waals surface area contributed by atoms with Gasteiger partial charge in [0.2, 0.25) is 11.1 Å². The summed E-state index contributed by atoms with van der Waals surface area (Å²) in [6.07, 6.45) is 0. The van der Waals surface area contributed by atoms with Gasteiger partial charge in [-0.05, 0) is 37.6 Å². The molecule has 0 unspecified atom stereocenters. The Labute approximate surface area is 164 Å². The summed E-state index contributed by atoms with van der Waals surface area (Å²) in [7, 11) is 0. The predicted molar refractivity (Wildman–Crippen MR) is 102 cm³/mol. The van der Waals surface area contributed by atoms with E-state index in [0.717, 1.165) is 29.1 Å². The summed E-state index contributed by atoms with van der Waals surface area (Å²) in [6, 6.07) is 10.6. The van der Waals surface area contributed by atoms with E-state index in [1.807, 2.05) is 31.2 Å². The molecule has 0 spiro atoms. The molecular formula is C19H18F2N4O2S. The second-order valence-corrected chi connectivity index (χ2v) is 7.30. The fourth-order valence-corrected chi connectivity index (χ4v) is 3.04. The van der Waals surface area contributed by atoms with E-state index in [1.54, 1.807) is 6.92 Å². The minimum Gasteiger partial charge on any atom is -0.485 e. The van der Waals surface area contributed by atoms with E-state index in [2.05, 4.69) is 20.5 Å². The second-order valence-electron chi connectivity index (χ2n) is 5.99. The molecule has 1 atom stereocenters. The van der Waals surface area contributed by atoms with Gasteiger partial charge in [-0.25, -0.2) is 13.8 Å². The number of rotatable bonds is 7. The first-order valence-electron chi connectivity index (χ1n) is 8.44. The maximum Gasteiger partial charge on any atom is 0.237 e. The number of H-pyrrole nitrogens is 1. The molecule has 0 saturated carbocycles. The van der Waals surface area contributed by atoms with Gasteiger partial charge in [-0.3, -0.25) is 9.89 Å². The van der Waals surface area contributed by atoms with Gasteiger partial charge < -0.3 is 10.1 Å². The lowest BCUT2D eigenvalue weighted by atomic mass is 10.2. The molecule has 0 saturated heterocycles. The number of aryl methyl sites for hydroxylation is 1. The standard InChI is InChI=1S/C19H18F2N4O2S/c1-11-5-3-4-6-16(11)27-10-17-23-19(25-24-17)28-12(2)18(26)22-15-8-7-13(20)9-14(15)21/h3-9,12H,10H2,1-2H3,(H,22,26)(H,23,24,25)/t12-/m0/s1. The van der Waals surface area contributed by atoms with Crippen molar-refractivity contribution in [1.29, 1.82) is 0 Å². The predicted octanol–water partition coefficient (Wildman–Crippen LogP) is 4.09. The summed E-state index contributed by atoms with van der Waals surface area (Å²) in [5.74, 6) is -0.721. The molecule has 1 aromatic heterocycles. The number of amides is 1. The average molecular weight is 404 g/mol. The van der Waals surface area contributed by atoms with Crippen LogP contribution in [-0.4, -0.2) is 26.3 Å². The monoisotopic (exact) mass is 404 g/mol. The zero-order chi connectivity index (χ0) is 20.1. The summed E-state index contributed by atoms with van der Waals surface area (Å²) >= 11 is 1.11. The van der Waals surface area contributed by atoms with E-state index < -0.39 is 22.8 Å².